The highest BCUT2D eigenvalue weighted by Crippen LogP contribution is 2.29. The number of β-amino-alcohol motifs (C(OH)–C–C–N with tert-alkyl or cyclic N) is 1. The summed E-state index contributed by atoms with van der Waals surface area (Å²) in [5.41, 5.74) is 5.57. The maximum atomic E-state index is 10.4. The molecule has 6 heteroatoms. The van der Waals surface area contributed by atoms with E-state index >= 15 is 0 Å². The van der Waals surface area contributed by atoms with Gasteiger partial charge in [0.05, 0.1) is 18.4 Å². The maximum absolute atomic E-state index is 10.4. The molecule has 35 heavy (non-hydrogen) atoms. The first-order valence-corrected chi connectivity index (χ1v) is 12.6. The van der Waals surface area contributed by atoms with E-state index in [-0.39, 0.29) is 12.0 Å². The van der Waals surface area contributed by atoms with Crippen molar-refractivity contribution < 1.29 is 9.84 Å². The summed E-state index contributed by atoms with van der Waals surface area (Å²) in [5, 5.41) is 10.4. The van der Waals surface area contributed by atoms with E-state index in [1.807, 2.05) is 18.2 Å². The van der Waals surface area contributed by atoms with E-state index in [2.05, 4.69) is 67.0 Å². The molecule has 1 N–H and O–H groups in total. The van der Waals surface area contributed by atoms with E-state index < -0.39 is 0 Å². The largest absolute Gasteiger partial charge is 0.392 e. The minimum atomic E-state index is -0.296. The molecular weight excluding hydrogens is 436 g/mol. The molecular formula is C29H38N4O2. The number of methoxy groups -OCH3 is 1. The molecule has 2 aromatic carbocycles. The summed E-state index contributed by atoms with van der Waals surface area (Å²) in [6.45, 7) is 10.9. The Morgan fingerprint density at radius 1 is 0.943 bits per heavy atom. The van der Waals surface area contributed by atoms with Gasteiger partial charge in [0.25, 0.3) is 0 Å². The van der Waals surface area contributed by atoms with Gasteiger partial charge in [0, 0.05) is 57.4 Å². The average Bonchev–Trinajstić information content (AvgIpc) is 2.87. The fourth-order valence-electron chi connectivity index (χ4n) is 4.46. The first-order valence-electron chi connectivity index (χ1n) is 12.6. The first-order chi connectivity index (χ1) is 16.9. The summed E-state index contributed by atoms with van der Waals surface area (Å²) in [6.07, 6.45) is 0.464. The van der Waals surface area contributed by atoms with Crippen LogP contribution in [0, 0.1) is 12.8 Å². The molecule has 1 fully saturated rings. The fourth-order valence-corrected chi connectivity index (χ4v) is 4.46. The number of hydrogen-bond donors (Lipinski definition) is 1. The van der Waals surface area contributed by atoms with E-state index in [1.54, 1.807) is 7.11 Å². The lowest BCUT2D eigenvalue weighted by molar-refractivity contribution is 0.0738. The van der Waals surface area contributed by atoms with Crippen LogP contribution in [0.4, 0.5) is 5.82 Å². The van der Waals surface area contributed by atoms with Crippen LogP contribution in [0.5, 0.6) is 0 Å². The van der Waals surface area contributed by atoms with Crippen LogP contribution in [0.2, 0.25) is 0 Å². The summed E-state index contributed by atoms with van der Waals surface area (Å²) in [6, 6.07) is 18.9. The van der Waals surface area contributed by atoms with Gasteiger partial charge in [-0.25, -0.2) is 9.97 Å². The minimum Gasteiger partial charge on any atom is -0.392 e. The number of piperazine rings is 1. The Hall–Kier alpha value is -2.80. The van der Waals surface area contributed by atoms with Crippen molar-refractivity contribution >= 4 is 5.82 Å². The molecule has 1 aromatic heterocycles. The zero-order chi connectivity index (χ0) is 24.8. The molecule has 1 aliphatic heterocycles. The maximum Gasteiger partial charge on any atom is 0.161 e. The van der Waals surface area contributed by atoms with E-state index in [0.29, 0.717) is 6.61 Å². The van der Waals surface area contributed by atoms with Crippen LogP contribution in [0.15, 0.2) is 54.6 Å². The predicted octanol–water partition coefficient (Wildman–Crippen LogP) is 4.33. The van der Waals surface area contributed by atoms with Gasteiger partial charge >= 0.3 is 0 Å². The number of aliphatic hydroxyl groups excluding tert-OH is 1. The Balaban J connectivity index is 1.68. The van der Waals surface area contributed by atoms with Crippen molar-refractivity contribution in [1.82, 2.24) is 14.9 Å². The van der Waals surface area contributed by atoms with Crippen molar-refractivity contribution in [3.63, 3.8) is 0 Å². The average molecular weight is 475 g/mol. The van der Waals surface area contributed by atoms with Gasteiger partial charge in [-0.2, -0.15) is 0 Å². The molecule has 1 unspecified atom stereocenters. The Morgan fingerprint density at radius 3 is 2.26 bits per heavy atom. The second-order valence-corrected chi connectivity index (χ2v) is 9.86. The van der Waals surface area contributed by atoms with Gasteiger partial charge in [0.15, 0.2) is 5.82 Å². The smallest absolute Gasteiger partial charge is 0.161 e. The number of aliphatic hydroxyl groups is 1. The highest BCUT2D eigenvalue weighted by Gasteiger charge is 2.25. The van der Waals surface area contributed by atoms with Gasteiger partial charge in [-0.15, -0.1) is 0 Å². The summed E-state index contributed by atoms with van der Waals surface area (Å²) in [7, 11) is 1.72. The normalized spacial score (nSPS) is 15.5. The van der Waals surface area contributed by atoms with Crippen molar-refractivity contribution in [1.29, 1.82) is 0 Å². The molecule has 186 valence electrons. The molecule has 1 saturated heterocycles. The number of benzene rings is 2. The Labute approximate surface area is 209 Å². The van der Waals surface area contributed by atoms with Crippen LogP contribution in [-0.4, -0.2) is 65.9 Å². The number of aromatic nitrogens is 2. The van der Waals surface area contributed by atoms with Crippen LogP contribution >= 0.6 is 0 Å². The third-order valence-corrected chi connectivity index (χ3v) is 6.77. The van der Waals surface area contributed by atoms with Gasteiger partial charge in [-0.1, -0.05) is 74.0 Å². The standard InChI is InChI=1S/C29H38N4O2/c1-21(2)27(34)19-32-14-16-33(17-15-32)29-25(18-23-12-10-22(3)11-13-23)26(20-35-4)30-28(31-29)24-8-6-5-7-9-24/h5-13,21,27,34H,14-20H2,1-4H3. The summed E-state index contributed by atoms with van der Waals surface area (Å²) >= 11 is 0. The number of rotatable bonds is 9. The molecule has 1 atom stereocenters. The van der Waals surface area contributed by atoms with Gasteiger partial charge in [-0.3, -0.25) is 4.90 Å². The summed E-state index contributed by atoms with van der Waals surface area (Å²) in [5.74, 6) is 1.99. The number of ether oxygens (including phenoxy) is 1. The Morgan fingerprint density at radius 2 is 1.63 bits per heavy atom. The SMILES string of the molecule is COCc1nc(-c2ccccc2)nc(N2CCN(CC(O)C(C)C)CC2)c1Cc1ccc(C)cc1. The van der Waals surface area contributed by atoms with Gasteiger partial charge in [-0.05, 0) is 18.4 Å². The molecule has 2 heterocycles. The lowest BCUT2D eigenvalue weighted by Gasteiger charge is -2.37. The predicted molar refractivity (Wildman–Crippen MR) is 142 cm³/mol. The number of hydrogen-bond acceptors (Lipinski definition) is 6. The highest BCUT2D eigenvalue weighted by molar-refractivity contribution is 5.61. The third-order valence-electron chi connectivity index (χ3n) is 6.77. The lowest BCUT2D eigenvalue weighted by atomic mass is 10.0. The second-order valence-electron chi connectivity index (χ2n) is 9.86. The van der Waals surface area contributed by atoms with E-state index in [4.69, 9.17) is 14.7 Å². The van der Waals surface area contributed by atoms with Crippen LogP contribution in [0.25, 0.3) is 11.4 Å². The zero-order valence-corrected chi connectivity index (χ0v) is 21.4. The Kier molecular flexibility index (Phi) is 8.50. The van der Waals surface area contributed by atoms with Crippen LogP contribution < -0.4 is 4.90 Å². The topological polar surface area (TPSA) is 61.7 Å². The van der Waals surface area contributed by atoms with Crippen LogP contribution in [0.1, 0.15) is 36.2 Å². The summed E-state index contributed by atoms with van der Waals surface area (Å²) < 4.78 is 5.60. The molecule has 0 saturated carbocycles. The Bertz CT molecular complexity index is 1080. The molecule has 0 bridgehead atoms. The van der Waals surface area contributed by atoms with Crippen LogP contribution in [0.3, 0.4) is 0 Å². The first kappa shape index (κ1) is 25.3. The van der Waals surface area contributed by atoms with Crippen molar-refractivity contribution in [3.05, 3.63) is 77.0 Å². The molecule has 4 rings (SSSR count). The fraction of sp³-hybridized carbons (Fsp3) is 0.448. The van der Waals surface area contributed by atoms with Crippen molar-refractivity contribution in [2.45, 2.75) is 39.9 Å². The van der Waals surface area contributed by atoms with Crippen molar-refractivity contribution in [2.24, 2.45) is 5.92 Å². The van der Waals surface area contributed by atoms with E-state index in [9.17, 15) is 5.11 Å². The minimum absolute atomic E-state index is 0.265. The quantitative estimate of drug-likeness (QED) is 0.498. The zero-order valence-electron chi connectivity index (χ0n) is 21.4. The van der Waals surface area contributed by atoms with Gasteiger partial charge in [0.2, 0.25) is 0 Å². The molecule has 0 aliphatic carbocycles. The number of aryl methyl sites for hydroxylation is 1. The summed E-state index contributed by atoms with van der Waals surface area (Å²) in [4.78, 5) is 14.8. The third kappa shape index (κ3) is 6.45. The number of nitrogens with zero attached hydrogens (tertiary/aromatic N) is 4. The lowest BCUT2D eigenvalue weighted by Crippen LogP contribution is -2.49. The monoisotopic (exact) mass is 474 g/mol. The molecule has 0 amide bonds. The van der Waals surface area contributed by atoms with Gasteiger partial charge in [0.1, 0.15) is 5.82 Å². The molecule has 6 nitrogen and oxygen atoms in total. The highest BCUT2D eigenvalue weighted by atomic mass is 16.5. The molecule has 0 radical (unpaired) electrons. The molecule has 3 aromatic rings. The van der Waals surface area contributed by atoms with Crippen LogP contribution in [-0.2, 0) is 17.8 Å². The van der Waals surface area contributed by atoms with Crippen molar-refractivity contribution in [2.75, 3.05) is 44.7 Å². The second kappa shape index (κ2) is 11.8. The van der Waals surface area contributed by atoms with Crippen molar-refractivity contribution in [3.8, 4) is 11.4 Å². The van der Waals surface area contributed by atoms with E-state index in [0.717, 1.165) is 67.6 Å². The van der Waals surface area contributed by atoms with E-state index in [1.165, 1.54) is 11.1 Å². The molecule has 0 spiro atoms. The van der Waals surface area contributed by atoms with Gasteiger partial charge < -0.3 is 14.7 Å². The number of anilines is 1. The molecule has 1 aliphatic rings.